The highest BCUT2D eigenvalue weighted by molar-refractivity contribution is 5.69. The zero-order valence-corrected chi connectivity index (χ0v) is 19.6. The van der Waals surface area contributed by atoms with E-state index in [1.807, 2.05) is 19.2 Å². The third-order valence-corrected chi connectivity index (χ3v) is 6.74. The Bertz CT molecular complexity index is 767. The Kier molecular flexibility index (Phi) is 11.1. The molecule has 0 spiro atoms. The monoisotopic (exact) mass is 446 g/mol. The molecular weight excluding hydrogens is 407 g/mol. The zero-order valence-electron chi connectivity index (χ0n) is 19.6. The summed E-state index contributed by atoms with van der Waals surface area (Å²) in [5.74, 6) is 0.342. The van der Waals surface area contributed by atoms with Crippen molar-refractivity contribution >= 4 is 5.97 Å². The van der Waals surface area contributed by atoms with Gasteiger partial charge in [-0.15, -0.1) is 0 Å². The van der Waals surface area contributed by atoms with Gasteiger partial charge in [-0.2, -0.15) is 0 Å². The lowest BCUT2D eigenvalue weighted by Gasteiger charge is -2.28. The Morgan fingerprint density at radius 2 is 2.09 bits per heavy atom. The van der Waals surface area contributed by atoms with Gasteiger partial charge in [0.25, 0.3) is 0 Å². The number of rotatable bonds is 13. The largest absolute Gasteiger partial charge is 0.469 e. The van der Waals surface area contributed by atoms with Crippen LogP contribution in [0.3, 0.4) is 0 Å². The number of likely N-dealkylation sites (N-methyl/N-ethyl adjacent to an activating group) is 1. The van der Waals surface area contributed by atoms with Gasteiger partial charge in [0.2, 0.25) is 0 Å². The molecule has 0 radical (unpaired) electrons. The number of nitrogens with one attached hydrogen (secondary N) is 2. The summed E-state index contributed by atoms with van der Waals surface area (Å²) in [6.07, 6.45) is 15.2. The number of carbonyl (C=O) groups excluding carboxylic acids is 1. The number of aryl methyl sites for hydroxylation is 1. The maximum atomic E-state index is 14.0. The number of hydroxylamine groups is 1. The topological polar surface area (TPSA) is 70.6 Å². The highest BCUT2D eigenvalue weighted by Gasteiger charge is 2.34. The van der Waals surface area contributed by atoms with Gasteiger partial charge in [-0.3, -0.25) is 4.79 Å². The number of benzene rings is 1. The summed E-state index contributed by atoms with van der Waals surface area (Å²) in [7, 11) is 3.34. The molecule has 0 aromatic heterocycles. The van der Waals surface area contributed by atoms with E-state index >= 15 is 0 Å². The lowest BCUT2D eigenvalue weighted by atomic mass is 9.86. The van der Waals surface area contributed by atoms with Gasteiger partial charge < -0.3 is 15.3 Å². The van der Waals surface area contributed by atoms with E-state index in [1.54, 1.807) is 6.07 Å². The number of unbranched alkanes of at least 4 members (excludes halogenated alkanes) is 1. The van der Waals surface area contributed by atoms with Gasteiger partial charge in [0.15, 0.2) is 0 Å². The lowest BCUT2D eigenvalue weighted by Crippen LogP contribution is -2.39. The fraction of sp³-hybridized carbons (Fsp3) is 0.577. The molecular formula is C26H39FN2O3. The Morgan fingerprint density at radius 1 is 1.31 bits per heavy atom. The number of hydrogen-bond acceptors (Lipinski definition) is 5. The van der Waals surface area contributed by atoms with E-state index < -0.39 is 0 Å². The minimum absolute atomic E-state index is 0.0386. The van der Waals surface area contributed by atoms with Crippen LogP contribution < -0.4 is 10.8 Å². The Labute approximate surface area is 192 Å². The van der Waals surface area contributed by atoms with Crippen LogP contribution in [0, 0.1) is 17.7 Å². The van der Waals surface area contributed by atoms with Gasteiger partial charge >= 0.3 is 5.97 Å². The summed E-state index contributed by atoms with van der Waals surface area (Å²) in [4.78, 5) is 11.2. The van der Waals surface area contributed by atoms with Crippen LogP contribution in [0.5, 0.6) is 0 Å². The molecule has 0 aliphatic heterocycles. The molecule has 32 heavy (non-hydrogen) atoms. The normalized spacial score (nSPS) is 23.1. The Balaban J connectivity index is 1.94. The second-order valence-electron chi connectivity index (χ2n) is 8.94. The van der Waals surface area contributed by atoms with E-state index in [1.165, 1.54) is 13.2 Å². The standard InChI is InChI=1S/C26H39FN2O3/c1-26(28-2,18-16-21-11-8-9-12-23(21)27)19-17-22-20(14-15-24(22)29-31)10-6-4-5-7-13-25(30)32-3/h4,6,8-9,11-12,17,19-20,22,24,28-29,31H,5,7,10,13-16,18H2,1-3H3/b6-4-,19-17+/t20-,22+,24?,26?/m0/s1. The Morgan fingerprint density at radius 3 is 2.78 bits per heavy atom. The second-order valence-corrected chi connectivity index (χ2v) is 8.94. The molecule has 1 aliphatic rings. The fourth-order valence-electron chi connectivity index (χ4n) is 4.39. The predicted octanol–water partition coefficient (Wildman–Crippen LogP) is 4.96. The van der Waals surface area contributed by atoms with Crippen LogP contribution in [-0.4, -0.2) is 36.9 Å². The molecule has 0 saturated heterocycles. The van der Waals surface area contributed by atoms with E-state index in [0.29, 0.717) is 18.8 Å². The first-order valence-electron chi connectivity index (χ1n) is 11.7. The molecule has 1 fully saturated rings. The number of halogens is 1. The van der Waals surface area contributed by atoms with Crippen molar-refractivity contribution in [1.29, 1.82) is 0 Å². The van der Waals surface area contributed by atoms with Gasteiger partial charge in [0, 0.05) is 18.0 Å². The average Bonchev–Trinajstić information content (AvgIpc) is 3.21. The molecule has 4 atom stereocenters. The van der Waals surface area contributed by atoms with Gasteiger partial charge in [-0.05, 0) is 82.4 Å². The molecule has 178 valence electrons. The van der Waals surface area contributed by atoms with Crippen molar-refractivity contribution in [1.82, 2.24) is 10.8 Å². The molecule has 5 nitrogen and oxygen atoms in total. The molecule has 0 bridgehead atoms. The first-order valence-corrected chi connectivity index (χ1v) is 11.7. The van der Waals surface area contributed by atoms with Gasteiger partial charge in [0.05, 0.1) is 7.11 Å². The molecule has 1 saturated carbocycles. The Hall–Kier alpha value is -2.02. The minimum Gasteiger partial charge on any atom is -0.469 e. The molecule has 0 amide bonds. The van der Waals surface area contributed by atoms with Crippen LogP contribution in [0.15, 0.2) is 48.6 Å². The van der Waals surface area contributed by atoms with Gasteiger partial charge in [-0.25, -0.2) is 9.87 Å². The summed E-state index contributed by atoms with van der Waals surface area (Å²) >= 11 is 0. The van der Waals surface area contributed by atoms with Crippen LogP contribution in [-0.2, 0) is 16.0 Å². The summed E-state index contributed by atoms with van der Waals surface area (Å²) in [5.41, 5.74) is 2.96. The van der Waals surface area contributed by atoms with Crippen LogP contribution in [0.1, 0.15) is 57.4 Å². The summed E-state index contributed by atoms with van der Waals surface area (Å²) in [6.45, 7) is 2.12. The average molecular weight is 447 g/mol. The third-order valence-electron chi connectivity index (χ3n) is 6.74. The maximum absolute atomic E-state index is 14.0. The number of carbonyl (C=O) groups is 1. The first-order chi connectivity index (χ1) is 15.4. The number of allylic oxidation sites excluding steroid dienone is 2. The van der Waals surface area contributed by atoms with Crippen LogP contribution >= 0.6 is 0 Å². The maximum Gasteiger partial charge on any atom is 0.305 e. The molecule has 6 heteroatoms. The van der Waals surface area contributed by atoms with E-state index in [2.05, 4.69) is 46.8 Å². The van der Waals surface area contributed by atoms with Crippen LogP contribution in [0.2, 0.25) is 0 Å². The molecule has 1 aromatic rings. The zero-order chi connectivity index (χ0) is 23.4. The van der Waals surface area contributed by atoms with Crippen molar-refractivity contribution in [2.75, 3.05) is 14.2 Å². The number of methoxy groups -OCH3 is 1. The molecule has 0 heterocycles. The first kappa shape index (κ1) is 26.2. The number of ether oxygens (including phenoxy) is 1. The molecule has 1 aliphatic carbocycles. The number of esters is 1. The van der Waals surface area contributed by atoms with Crippen molar-refractivity contribution in [2.24, 2.45) is 11.8 Å². The second kappa shape index (κ2) is 13.5. The molecule has 1 aromatic carbocycles. The third kappa shape index (κ3) is 8.15. The SMILES string of the molecule is CNC(C)(/C=C/[C@H]1C(NO)CC[C@@H]1C/C=C\CCCC(=O)OC)CCc1ccccc1F. The fourth-order valence-corrected chi connectivity index (χ4v) is 4.39. The van der Waals surface area contributed by atoms with Crippen molar-refractivity contribution < 1.29 is 19.1 Å². The molecule has 3 N–H and O–H groups in total. The van der Waals surface area contributed by atoms with Crippen LogP contribution in [0.25, 0.3) is 0 Å². The van der Waals surface area contributed by atoms with E-state index in [-0.39, 0.29) is 29.3 Å². The van der Waals surface area contributed by atoms with E-state index in [9.17, 15) is 14.4 Å². The van der Waals surface area contributed by atoms with E-state index in [0.717, 1.165) is 44.1 Å². The number of hydrogen-bond donors (Lipinski definition) is 3. The highest BCUT2D eigenvalue weighted by atomic mass is 19.1. The minimum atomic E-state index is -0.265. The van der Waals surface area contributed by atoms with E-state index in [4.69, 9.17) is 0 Å². The van der Waals surface area contributed by atoms with Crippen LogP contribution in [0.4, 0.5) is 4.39 Å². The predicted molar refractivity (Wildman–Crippen MR) is 126 cm³/mol. The smallest absolute Gasteiger partial charge is 0.305 e. The van der Waals surface area contributed by atoms with Gasteiger partial charge in [0.1, 0.15) is 5.82 Å². The van der Waals surface area contributed by atoms with Crippen molar-refractivity contribution in [3.8, 4) is 0 Å². The lowest BCUT2D eigenvalue weighted by molar-refractivity contribution is -0.140. The van der Waals surface area contributed by atoms with Crippen molar-refractivity contribution in [3.63, 3.8) is 0 Å². The quantitative estimate of drug-likeness (QED) is 0.173. The van der Waals surface area contributed by atoms with Crippen molar-refractivity contribution in [2.45, 2.75) is 69.9 Å². The summed E-state index contributed by atoms with van der Waals surface area (Å²) < 4.78 is 18.7. The van der Waals surface area contributed by atoms with Gasteiger partial charge in [-0.1, -0.05) is 42.5 Å². The molecule has 2 unspecified atom stereocenters. The molecule has 2 rings (SSSR count). The summed E-state index contributed by atoms with van der Waals surface area (Å²) in [5, 5.41) is 13.0. The highest BCUT2D eigenvalue weighted by Crippen LogP contribution is 2.36. The van der Waals surface area contributed by atoms with Crippen molar-refractivity contribution in [3.05, 3.63) is 60.0 Å². The summed E-state index contributed by atoms with van der Waals surface area (Å²) in [6, 6.07) is 6.97.